The van der Waals surface area contributed by atoms with E-state index in [1.807, 2.05) is 18.2 Å². The van der Waals surface area contributed by atoms with E-state index in [9.17, 15) is 23.1 Å². The van der Waals surface area contributed by atoms with Crippen LogP contribution in [0.5, 0.6) is 11.5 Å². The van der Waals surface area contributed by atoms with Gasteiger partial charge < -0.3 is 20.1 Å². The maximum Gasteiger partial charge on any atom is 0.416 e. The average Bonchev–Trinajstić information content (AvgIpc) is 3.12. The quantitative estimate of drug-likeness (QED) is 0.0854. The van der Waals surface area contributed by atoms with Crippen LogP contribution >= 0.6 is 0 Å². The summed E-state index contributed by atoms with van der Waals surface area (Å²) in [5, 5.41) is 13.2. The number of carboxylic acids is 1. The fourth-order valence-corrected chi connectivity index (χ4v) is 7.70. The van der Waals surface area contributed by atoms with Crippen molar-refractivity contribution < 1.29 is 27.8 Å². The number of hydrogen-bond donors (Lipinski definition) is 2. The van der Waals surface area contributed by atoms with Crippen LogP contribution in [0.4, 0.5) is 24.5 Å². The minimum atomic E-state index is -4.63. The van der Waals surface area contributed by atoms with Gasteiger partial charge in [-0.15, -0.1) is 0 Å². The zero-order chi connectivity index (χ0) is 37.8. The second-order valence-corrected chi connectivity index (χ2v) is 15.1. The Morgan fingerprint density at radius 1 is 0.750 bits per heavy atom. The number of unbranched alkanes of at least 4 members (excludes halogenated alkanes) is 17. The van der Waals surface area contributed by atoms with E-state index in [0.717, 1.165) is 76.2 Å². The molecule has 0 bridgehead atoms. The van der Waals surface area contributed by atoms with E-state index >= 15 is 0 Å². The van der Waals surface area contributed by atoms with Gasteiger partial charge in [-0.1, -0.05) is 142 Å². The molecule has 2 N–H and O–H groups in total. The predicted molar refractivity (Wildman–Crippen MR) is 211 cm³/mol. The normalized spacial score (nSPS) is 14.4. The number of fused-ring (bicyclic) bond motifs is 2. The maximum atomic E-state index is 14.7. The molecule has 0 radical (unpaired) electrons. The van der Waals surface area contributed by atoms with Crippen molar-refractivity contribution in [3.05, 3.63) is 47.0 Å². The molecular formula is C44H69F3N2O3. The highest BCUT2D eigenvalue weighted by atomic mass is 19.4. The van der Waals surface area contributed by atoms with Gasteiger partial charge in [0.25, 0.3) is 0 Å². The summed E-state index contributed by atoms with van der Waals surface area (Å²) in [6, 6.07) is 8.54. The Bertz CT molecular complexity index is 1310. The van der Waals surface area contributed by atoms with Crippen LogP contribution in [0, 0.1) is 5.92 Å². The van der Waals surface area contributed by atoms with Gasteiger partial charge in [-0.05, 0) is 37.8 Å². The van der Waals surface area contributed by atoms with E-state index in [-0.39, 0.29) is 17.7 Å². The summed E-state index contributed by atoms with van der Waals surface area (Å²) in [6.07, 6.45) is 19.9. The molecule has 1 aliphatic heterocycles. The Labute approximate surface area is 313 Å². The second-order valence-electron chi connectivity index (χ2n) is 15.1. The van der Waals surface area contributed by atoms with Gasteiger partial charge in [-0.25, -0.2) is 0 Å². The van der Waals surface area contributed by atoms with Crippen molar-refractivity contribution in [2.45, 2.75) is 174 Å². The maximum absolute atomic E-state index is 14.7. The number of carbonyl (C=O) groups is 1. The molecule has 2 aromatic carbocycles. The topological polar surface area (TPSA) is 61.8 Å². The fourth-order valence-electron chi connectivity index (χ4n) is 7.70. The average molecular weight is 731 g/mol. The molecule has 294 valence electrons. The summed E-state index contributed by atoms with van der Waals surface area (Å²) >= 11 is 0. The molecule has 1 aliphatic rings. The molecule has 5 nitrogen and oxygen atoms in total. The molecule has 3 rings (SSSR count). The van der Waals surface area contributed by atoms with Crippen molar-refractivity contribution >= 4 is 17.3 Å². The molecule has 0 spiro atoms. The third kappa shape index (κ3) is 14.2. The van der Waals surface area contributed by atoms with Crippen LogP contribution < -0.4 is 15.0 Å². The molecule has 2 atom stereocenters. The first-order chi connectivity index (χ1) is 25.1. The van der Waals surface area contributed by atoms with Gasteiger partial charge in [0.05, 0.1) is 11.5 Å². The van der Waals surface area contributed by atoms with E-state index in [0.29, 0.717) is 23.4 Å². The van der Waals surface area contributed by atoms with Crippen molar-refractivity contribution in [3.8, 4) is 11.5 Å². The highest BCUT2D eigenvalue weighted by molar-refractivity contribution is 5.71. The number of halogens is 3. The molecular weight excluding hydrogens is 661 g/mol. The fraction of sp³-hybridized carbons (Fsp3) is 0.705. The third-order valence-corrected chi connectivity index (χ3v) is 10.9. The van der Waals surface area contributed by atoms with Gasteiger partial charge in [-0.3, -0.25) is 4.79 Å². The standard InChI is InChI=1S/C44H69F3N2O3/c1-5-8-11-12-13-14-15-16-17-18-19-20-21-22-23-24-25-34(43(50)51)30-38-37-27-26-36(49(28-9-6-2)29-10-7-3)33-40(37)52-41-32-35(48-4)31-39(42(38)41)44(45,46)47/h26-27,31-34,38,48H,5-25,28-30H2,1-4H3,(H,50,51). The van der Waals surface area contributed by atoms with Gasteiger partial charge in [0.1, 0.15) is 11.5 Å². The Kier molecular flexibility index (Phi) is 19.8. The lowest BCUT2D eigenvalue weighted by Crippen LogP contribution is -2.26. The number of anilines is 2. The highest BCUT2D eigenvalue weighted by Crippen LogP contribution is 2.53. The van der Waals surface area contributed by atoms with Crippen LogP contribution in [-0.2, 0) is 11.0 Å². The van der Waals surface area contributed by atoms with Gasteiger partial charge >= 0.3 is 12.1 Å². The lowest BCUT2D eigenvalue weighted by atomic mass is 9.78. The number of hydrogen-bond acceptors (Lipinski definition) is 4. The number of rotatable bonds is 28. The molecule has 2 unspecified atom stereocenters. The SMILES string of the molecule is CCCCCCCCCCCCCCCCCCC(CC1c2ccc(N(CCCC)CCCC)cc2Oc2cc(NC)cc(C(F)(F)F)c21)C(=O)O. The number of aliphatic carboxylic acids is 1. The molecule has 0 aromatic heterocycles. The summed E-state index contributed by atoms with van der Waals surface area (Å²) in [4.78, 5) is 15.0. The van der Waals surface area contributed by atoms with Crippen LogP contribution in [0.1, 0.15) is 185 Å². The Balaban J connectivity index is 1.65. The molecule has 0 fully saturated rings. The second kappa shape index (κ2) is 23.7. The summed E-state index contributed by atoms with van der Waals surface area (Å²) < 4.78 is 50.3. The Morgan fingerprint density at radius 3 is 1.75 bits per heavy atom. The van der Waals surface area contributed by atoms with E-state index in [2.05, 4.69) is 31.0 Å². The lowest BCUT2D eigenvalue weighted by molar-refractivity contribution is -0.142. The predicted octanol–water partition coefficient (Wildman–Crippen LogP) is 14.1. The van der Waals surface area contributed by atoms with Crippen molar-refractivity contribution in [2.75, 3.05) is 30.4 Å². The number of alkyl halides is 3. The highest BCUT2D eigenvalue weighted by Gasteiger charge is 2.42. The molecule has 0 saturated heterocycles. The van der Waals surface area contributed by atoms with Crippen LogP contribution in [-0.4, -0.2) is 31.2 Å². The largest absolute Gasteiger partial charge is 0.481 e. The van der Waals surface area contributed by atoms with Crippen LogP contribution in [0.2, 0.25) is 0 Å². The molecule has 1 heterocycles. The molecule has 0 saturated carbocycles. The van der Waals surface area contributed by atoms with Gasteiger partial charge in [0.15, 0.2) is 0 Å². The third-order valence-electron chi connectivity index (χ3n) is 10.9. The lowest BCUT2D eigenvalue weighted by Gasteiger charge is -2.34. The zero-order valence-electron chi connectivity index (χ0n) is 32.9. The molecule has 0 aliphatic carbocycles. The van der Waals surface area contributed by atoms with Gasteiger partial charge in [0, 0.05) is 60.7 Å². The Hall–Kier alpha value is -2.90. The van der Waals surface area contributed by atoms with Crippen molar-refractivity contribution in [1.29, 1.82) is 0 Å². The molecule has 0 amide bonds. The number of carboxylic acid groups (broad SMARTS) is 1. The summed E-state index contributed by atoms with van der Waals surface area (Å²) in [7, 11) is 1.59. The number of nitrogens with one attached hydrogen (secondary N) is 1. The molecule has 8 heteroatoms. The van der Waals surface area contributed by atoms with Gasteiger partial charge in [0.2, 0.25) is 0 Å². The zero-order valence-corrected chi connectivity index (χ0v) is 32.9. The van der Waals surface area contributed by atoms with Crippen LogP contribution in [0.15, 0.2) is 30.3 Å². The number of ether oxygens (including phenoxy) is 1. The minimum Gasteiger partial charge on any atom is -0.481 e. The Morgan fingerprint density at radius 2 is 1.27 bits per heavy atom. The summed E-state index contributed by atoms with van der Waals surface area (Å²) in [5.41, 5.74) is 1.18. The first-order valence-electron chi connectivity index (χ1n) is 20.9. The van der Waals surface area contributed by atoms with Gasteiger partial charge in [-0.2, -0.15) is 13.2 Å². The van der Waals surface area contributed by atoms with Crippen molar-refractivity contribution in [1.82, 2.24) is 0 Å². The first kappa shape index (κ1) is 43.5. The van der Waals surface area contributed by atoms with Crippen molar-refractivity contribution in [3.63, 3.8) is 0 Å². The monoisotopic (exact) mass is 731 g/mol. The van der Waals surface area contributed by atoms with Crippen molar-refractivity contribution in [2.24, 2.45) is 5.92 Å². The van der Waals surface area contributed by atoms with E-state index in [4.69, 9.17) is 4.74 Å². The van der Waals surface area contributed by atoms with Crippen LogP contribution in [0.3, 0.4) is 0 Å². The van der Waals surface area contributed by atoms with E-state index < -0.39 is 29.5 Å². The molecule has 2 aromatic rings. The number of nitrogens with zero attached hydrogens (tertiary/aromatic N) is 1. The van der Waals surface area contributed by atoms with E-state index in [1.165, 1.54) is 77.0 Å². The summed E-state index contributed by atoms with van der Waals surface area (Å²) in [6.45, 7) is 8.35. The smallest absolute Gasteiger partial charge is 0.416 e. The first-order valence-corrected chi connectivity index (χ1v) is 20.9. The summed E-state index contributed by atoms with van der Waals surface area (Å²) in [5.74, 6) is -1.80. The van der Waals surface area contributed by atoms with Crippen LogP contribution in [0.25, 0.3) is 0 Å². The minimum absolute atomic E-state index is 0.0406. The van der Waals surface area contributed by atoms with E-state index in [1.54, 1.807) is 13.1 Å². The molecule has 52 heavy (non-hydrogen) atoms. The number of benzene rings is 2.